The molecular formula is C24H23N3O5S. The van der Waals surface area contributed by atoms with Crippen molar-refractivity contribution in [3.8, 4) is 11.5 Å². The lowest BCUT2D eigenvalue weighted by molar-refractivity contribution is -0.126. The van der Waals surface area contributed by atoms with E-state index in [0.29, 0.717) is 18.2 Å². The average Bonchev–Trinajstić information content (AvgIpc) is 3.25. The number of amides is 2. The molecule has 1 aromatic heterocycles. The molecule has 2 amide bonds. The Bertz CT molecular complexity index is 1200. The summed E-state index contributed by atoms with van der Waals surface area (Å²) in [6, 6.07) is 11.6. The number of aromatic hydroxyl groups is 1. The number of hydroxylamine groups is 1. The molecule has 0 saturated carbocycles. The van der Waals surface area contributed by atoms with Gasteiger partial charge in [0.15, 0.2) is 11.5 Å². The van der Waals surface area contributed by atoms with Gasteiger partial charge in [0.1, 0.15) is 5.75 Å². The topological polar surface area (TPSA) is 100 Å². The molecule has 0 atom stereocenters. The van der Waals surface area contributed by atoms with Gasteiger partial charge in [0, 0.05) is 32.2 Å². The number of aromatic nitrogens is 1. The van der Waals surface area contributed by atoms with E-state index in [4.69, 9.17) is 4.84 Å². The minimum absolute atomic E-state index is 0.0272. The van der Waals surface area contributed by atoms with Gasteiger partial charge in [-0.1, -0.05) is 23.5 Å². The van der Waals surface area contributed by atoms with Crippen LogP contribution in [0, 0.1) is 0 Å². The summed E-state index contributed by atoms with van der Waals surface area (Å²) in [7, 11) is 0. The van der Waals surface area contributed by atoms with Crippen molar-refractivity contribution < 1.29 is 24.3 Å². The summed E-state index contributed by atoms with van der Waals surface area (Å²) in [6.07, 6.45) is 5.43. The van der Waals surface area contributed by atoms with E-state index in [9.17, 15) is 19.5 Å². The van der Waals surface area contributed by atoms with E-state index in [0.717, 1.165) is 40.6 Å². The number of nitrogens with zero attached hydrogens (tertiary/aromatic N) is 3. The fourth-order valence-corrected chi connectivity index (χ4v) is 4.48. The van der Waals surface area contributed by atoms with Crippen molar-refractivity contribution in [3.05, 3.63) is 60.2 Å². The van der Waals surface area contributed by atoms with E-state index < -0.39 is 11.7 Å². The largest absolute Gasteiger partial charge is 0.507 e. The van der Waals surface area contributed by atoms with Gasteiger partial charge < -0.3 is 14.8 Å². The first kappa shape index (κ1) is 22.5. The predicted octanol–water partition coefficient (Wildman–Crippen LogP) is 4.10. The highest BCUT2D eigenvalue weighted by molar-refractivity contribution is 7.22. The Kier molecular flexibility index (Phi) is 6.69. The van der Waals surface area contributed by atoms with Gasteiger partial charge in [0.2, 0.25) is 11.0 Å². The predicted molar refractivity (Wildman–Crippen MR) is 125 cm³/mol. The molecule has 0 aliphatic carbocycles. The Labute approximate surface area is 194 Å². The lowest BCUT2D eigenvalue weighted by atomic mass is 10.1. The van der Waals surface area contributed by atoms with Crippen LogP contribution in [0.3, 0.4) is 0 Å². The first-order valence-electron chi connectivity index (χ1n) is 10.6. The highest BCUT2D eigenvalue weighted by Gasteiger charge is 2.20. The van der Waals surface area contributed by atoms with Crippen molar-refractivity contribution >= 4 is 44.3 Å². The van der Waals surface area contributed by atoms with E-state index in [1.54, 1.807) is 4.90 Å². The summed E-state index contributed by atoms with van der Waals surface area (Å²) in [5, 5.41) is 11.8. The summed E-state index contributed by atoms with van der Waals surface area (Å²) in [4.78, 5) is 48.7. The van der Waals surface area contributed by atoms with Crippen LogP contribution in [0.4, 0.5) is 5.13 Å². The molecule has 1 N–H and O–H groups in total. The average molecular weight is 466 g/mol. The van der Waals surface area contributed by atoms with Gasteiger partial charge >= 0.3 is 0 Å². The number of thiazole rings is 1. The highest BCUT2D eigenvalue weighted by Crippen LogP contribution is 2.31. The summed E-state index contributed by atoms with van der Waals surface area (Å²) >= 11 is 1.29. The van der Waals surface area contributed by atoms with Crippen molar-refractivity contribution in [2.75, 3.05) is 18.2 Å². The Morgan fingerprint density at radius 1 is 1.09 bits per heavy atom. The van der Waals surface area contributed by atoms with E-state index in [2.05, 4.69) is 4.98 Å². The van der Waals surface area contributed by atoms with Crippen LogP contribution in [0.25, 0.3) is 10.2 Å². The van der Waals surface area contributed by atoms with Gasteiger partial charge in [-0.05, 0) is 49.6 Å². The second kappa shape index (κ2) is 9.83. The molecule has 0 spiro atoms. The van der Waals surface area contributed by atoms with Crippen LogP contribution < -0.4 is 9.90 Å². The minimum atomic E-state index is -0.501. The number of hydrogen-bond donors (Lipinski definition) is 1. The number of carbonyl (C=O) groups is 3. The normalized spacial score (nSPS) is 13.9. The Hall–Kier alpha value is -3.72. The first-order chi connectivity index (χ1) is 15.9. The molecule has 33 heavy (non-hydrogen) atoms. The monoisotopic (exact) mass is 465 g/mol. The third-order valence-corrected chi connectivity index (χ3v) is 6.22. The lowest BCUT2D eigenvalue weighted by Gasteiger charge is -2.25. The zero-order chi connectivity index (χ0) is 23.4. The molecule has 8 nitrogen and oxygen atoms in total. The van der Waals surface area contributed by atoms with E-state index in [1.807, 2.05) is 24.3 Å². The third-order valence-electron chi connectivity index (χ3n) is 5.22. The van der Waals surface area contributed by atoms with Crippen LogP contribution in [-0.4, -0.2) is 45.7 Å². The van der Waals surface area contributed by atoms with Crippen molar-refractivity contribution in [3.63, 3.8) is 0 Å². The van der Waals surface area contributed by atoms with E-state index in [1.165, 1.54) is 42.5 Å². The fourth-order valence-electron chi connectivity index (χ4n) is 3.52. The number of anilines is 1. The molecule has 0 unspecified atom stereocenters. The SMILES string of the molecule is CC(=O)N(Oc1ccc(C(=O)/C=C/C(=O)N2CCCCC2)c(O)c1)c1nc2ccccc2s1. The molecule has 2 aromatic carbocycles. The number of carbonyl (C=O) groups excluding carboxylic acids is 3. The van der Waals surface area contributed by atoms with Crippen molar-refractivity contribution in [2.45, 2.75) is 26.2 Å². The second-order valence-corrected chi connectivity index (χ2v) is 8.64. The number of likely N-dealkylation sites (tertiary alicyclic amines) is 1. The molecule has 1 saturated heterocycles. The summed E-state index contributed by atoms with van der Waals surface area (Å²) in [5.41, 5.74) is 0.765. The number of para-hydroxylation sites is 1. The summed E-state index contributed by atoms with van der Waals surface area (Å²) in [6.45, 7) is 2.72. The van der Waals surface area contributed by atoms with Crippen LogP contribution in [0.1, 0.15) is 36.5 Å². The number of phenols is 1. The van der Waals surface area contributed by atoms with Gasteiger partial charge in [-0.3, -0.25) is 14.4 Å². The van der Waals surface area contributed by atoms with Crippen LogP contribution in [0.15, 0.2) is 54.6 Å². The fraction of sp³-hybridized carbons (Fsp3) is 0.250. The molecule has 4 rings (SSSR count). The second-order valence-electron chi connectivity index (χ2n) is 7.63. The number of allylic oxidation sites excluding steroid dienone is 1. The number of phenolic OH excluding ortho intramolecular Hbond substituents is 1. The van der Waals surface area contributed by atoms with Crippen LogP contribution in [0.5, 0.6) is 11.5 Å². The van der Waals surface area contributed by atoms with E-state index >= 15 is 0 Å². The van der Waals surface area contributed by atoms with Crippen molar-refractivity contribution in [1.82, 2.24) is 9.88 Å². The maximum absolute atomic E-state index is 12.5. The third kappa shape index (κ3) is 5.20. The number of benzene rings is 2. The zero-order valence-corrected chi connectivity index (χ0v) is 18.9. The molecule has 0 bridgehead atoms. The number of ketones is 1. The maximum Gasteiger partial charge on any atom is 0.259 e. The summed E-state index contributed by atoms with van der Waals surface area (Å²) in [5.74, 6) is -1.27. The smallest absolute Gasteiger partial charge is 0.259 e. The Morgan fingerprint density at radius 3 is 2.55 bits per heavy atom. The molecule has 0 radical (unpaired) electrons. The van der Waals surface area contributed by atoms with Gasteiger partial charge in [-0.15, -0.1) is 5.06 Å². The Balaban J connectivity index is 1.47. The quantitative estimate of drug-likeness (QED) is 0.334. The first-order valence-corrected chi connectivity index (χ1v) is 11.4. The highest BCUT2D eigenvalue weighted by atomic mass is 32.1. The number of piperidine rings is 1. The molecule has 1 aliphatic rings. The number of fused-ring (bicyclic) bond motifs is 1. The standard InChI is InChI=1S/C24H23N3O5S/c1-16(28)27(24-25-19-7-3-4-8-22(19)33-24)32-17-9-10-18(21(30)15-17)20(29)11-12-23(31)26-13-5-2-6-14-26/h3-4,7-12,15,30H,2,5-6,13-14H2,1H3/b12-11+. The summed E-state index contributed by atoms with van der Waals surface area (Å²) < 4.78 is 0.900. The van der Waals surface area contributed by atoms with Crippen molar-refractivity contribution in [2.24, 2.45) is 0 Å². The zero-order valence-electron chi connectivity index (χ0n) is 18.1. The van der Waals surface area contributed by atoms with Crippen LogP contribution in [-0.2, 0) is 9.59 Å². The Morgan fingerprint density at radius 2 is 1.85 bits per heavy atom. The molecule has 9 heteroatoms. The molecule has 170 valence electrons. The van der Waals surface area contributed by atoms with Gasteiger partial charge in [-0.25, -0.2) is 4.98 Å². The molecule has 3 aromatic rings. The van der Waals surface area contributed by atoms with Crippen LogP contribution in [0.2, 0.25) is 0 Å². The molecule has 1 aliphatic heterocycles. The van der Waals surface area contributed by atoms with Crippen LogP contribution >= 0.6 is 11.3 Å². The van der Waals surface area contributed by atoms with Gasteiger partial charge in [-0.2, -0.15) is 0 Å². The van der Waals surface area contributed by atoms with Gasteiger partial charge in [0.25, 0.3) is 5.91 Å². The molecule has 1 fully saturated rings. The lowest BCUT2D eigenvalue weighted by Crippen LogP contribution is -2.34. The minimum Gasteiger partial charge on any atom is -0.507 e. The van der Waals surface area contributed by atoms with Crippen molar-refractivity contribution in [1.29, 1.82) is 0 Å². The van der Waals surface area contributed by atoms with Gasteiger partial charge in [0.05, 0.1) is 15.8 Å². The number of rotatable bonds is 6. The number of hydrogen-bond acceptors (Lipinski definition) is 7. The van der Waals surface area contributed by atoms with E-state index in [-0.39, 0.29) is 23.0 Å². The molecule has 2 heterocycles. The molecular weight excluding hydrogens is 442 g/mol. The maximum atomic E-state index is 12.5.